The number of carbonyl (C=O) groups is 2. The molecule has 2 aromatic rings. The van der Waals surface area contributed by atoms with Gasteiger partial charge in [-0.1, -0.05) is 48.5 Å². The lowest BCUT2D eigenvalue weighted by Crippen LogP contribution is -2.32. The summed E-state index contributed by atoms with van der Waals surface area (Å²) in [6.45, 7) is 3.17. The topological polar surface area (TPSA) is 72.6 Å². The fraction of sp³-hybridized carbons (Fsp3) is 0.238. The highest BCUT2D eigenvalue weighted by molar-refractivity contribution is 5.92. The van der Waals surface area contributed by atoms with Gasteiger partial charge in [-0.2, -0.15) is 0 Å². The maximum atomic E-state index is 12.6. The third kappa shape index (κ3) is 6.09. The van der Waals surface area contributed by atoms with Crippen molar-refractivity contribution in [2.24, 2.45) is 5.73 Å². The summed E-state index contributed by atoms with van der Waals surface area (Å²) in [4.78, 5) is 25.4. The molecule has 0 saturated heterocycles. The Labute approximate surface area is 154 Å². The predicted octanol–water partition coefficient (Wildman–Crippen LogP) is 3.00. The first-order valence-corrected chi connectivity index (χ1v) is 8.61. The second-order valence-corrected chi connectivity index (χ2v) is 5.77. The molecule has 0 fully saturated rings. The first kappa shape index (κ1) is 19.2. The van der Waals surface area contributed by atoms with E-state index in [9.17, 15) is 9.59 Å². The predicted molar refractivity (Wildman–Crippen MR) is 102 cm³/mol. The van der Waals surface area contributed by atoms with Crippen molar-refractivity contribution in [3.63, 3.8) is 0 Å². The van der Waals surface area contributed by atoms with Gasteiger partial charge in [0.05, 0.1) is 6.61 Å². The SMILES string of the molecule is CCOc1ccccc1/C=C/C(=O)N(CCC(N)=O)Cc1ccccc1. The van der Waals surface area contributed by atoms with Crippen LogP contribution >= 0.6 is 0 Å². The first-order chi connectivity index (χ1) is 12.6. The van der Waals surface area contributed by atoms with Gasteiger partial charge in [0.25, 0.3) is 0 Å². The van der Waals surface area contributed by atoms with Crippen LogP contribution in [0.5, 0.6) is 5.75 Å². The van der Waals surface area contributed by atoms with Crippen molar-refractivity contribution in [3.8, 4) is 5.75 Å². The molecule has 0 unspecified atom stereocenters. The molecule has 0 bridgehead atoms. The van der Waals surface area contributed by atoms with Crippen molar-refractivity contribution in [3.05, 3.63) is 71.8 Å². The van der Waals surface area contributed by atoms with Crippen LogP contribution < -0.4 is 10.5 Å². The highest BCUT2D eigenvalue weighted by Gasteiger charge is 2.13. The van der Waals surface area contributed by atoms with Gasteiger partial charge in [-0.3, -0.25) is 9.59 Å². The van der Waals surface area contributed by atoms with E-state index < -0.39 is 5.91 Å². The van der Waals surface area contributed by atoms with Crippen molar-refractivity contribution >= 4 is 17.9 Å². The summed E-state index contributed by atoms with van der Waals surface area (Å²) >= 11 is 0. The van der Waals surface area contributed by atoms with E-state index in [4.69, 9.17) is 10.5 Å². The van der Waals surface area contributed by atoms with Crippen molar-refractivity contribution in [2.75, 3.05) is 13.2 Å². The number of rotatable bonds is 9. The Morgan fingerprint density at radius 2 is 1.77 bits per heavy atom. The van der Waals surface area contributed by atoms with Gasteiger partial charge in [-0.25, -0.2) is 0 Å². The van der Waals surface area contributed by atoms with Crippen LogP contribution in [0.4, 0.5) is 0 Å². The largest absolute Gasteiger partial charge is 0.493 e. The van der Waals surface area contributed by atoms with Crippen LogP contribution in [-0.2, 0) is 16.1 Å². The molecule has 0 saturated carbocycles. The standard InChI is InChI=1S/C21H24N2O3/c1-2-26-19-11-7-6-10-18(19)12-13-21(25)23(15-14-20(22)24)16-17-8-4-3-5-9-17/h3-13H,2,14-16H2,1H3,(H2,22,24)/b13-12+. The van der Waals surface area contributed by atoms with Gasteiger partial charge >= 0.3 is 0 Å². The number of amides is 2. The van der Waals surface area contributed by atoms with Crippen LogP contribution in [0.15, 0.2) is 60.7 Å². The second kappa shape index (κ2) is 10.0. The number of carbonyl (C=O) groups excluding carboxylic acids is 2. The molecule has 0 aliphatic heterocycles. The van der Waals surface area contributed by atoms with E-state index in [0.29, 0.717) is 13.2 Å². The van der Waals surface area contributed by atoms with Crippen molar-refractivity contribution < 1.29 is 14.3 Å². The summed E-state index contributed by atoms with van der Waals surface area (Å²) in [5.74, 6) is 0.119. The van der Waals surface area contributed by atoms with Gasteiger partial charge in [0.1, 0.15) is 5.75 Å². The quantitative estimate of drug-likeness (QED) is 0.705. The highest BCUT2D eigenvalue weighted by Crippen LogP contribution is 2.19. The molecule has 5 nitrogen and oxygen atoms in total. The second-order valence-electron chi connectivity index (χ2n) is 5.77. The van der Waals surface area contributed by atoms with E-state index >= 15 is 0 Å². The van der Waals surface area contributed by atoms with E-state index in [1.54, 1.807) is 11.0 Å². The number of para-hydroxylation sites is 1. The molecule has 0 aliphatic carbocycles. The number of ether oxygens (including phenoxy) is 1. The molecule has 5 heteroatoms. The lowest BCUT2D eigenvalue weighted by molar-refractivity contribution is -0.127. The zero-order chi connectivity index (χ0) is 18.8. The van der Waals surface area contributed by atoms with E-state index in [2.05, 4.69) is 0 Å². The van der Waals surface area contributed by atoms with Gasteiger partial charge in [-0.05, 0) is 24.6 Å². The number of hydrogen-bond donors (Lipinski definition) is 1. The molecule has 0 aromatic heterocycles. The average molecular weight is 352 g/mol. The van der Waals surface area contributed by atoms with Crippen molar-refractivity contribution in [1.29, 1.82) is 0 Å². The Morgan fingerprint density at radius 1 is 1.08 bits per heavy atom. The summed E-state index contributed by atoms with van der Waals surface area (Å²) < 4.78 is 5.57. The molecule has 0 radical (unpaired) electrons. The lowest BCUT2D eigenvalue weighted by Gasteiger charge is -2.21. The number of nitrogens with zero attached hydrogens (tertiary/aromatic N) is 1. The van der Waals surface area contributed by atoms with Crippen LogP contribution in [0.1, 0.15) is 24.5 Å². The normalized spacial score (nSPS) is 10.7. The summed E-state index contributed by atoms with van der Waals surface area (Å²) in [5, 5.41) is 0. The lowest BCUT2D eigenvalue weighted by atomic mass is 10.1. The summed E-state index contributed by atoms with van der Waals surface area (Å²) in [6, 6.07) is 17.2. The van der Waals surface area contributed by atoms with Crippen molar-refractivity contribution in [2.45, 2.75) is 19.9 Å². The zero-order valence-corrected chi connectivity index (χ0v) is 14.9. The van der Waals surface area contributed by atoms with E-state index in [0.717, 1.165) is 16.9 Å². The fourth-order valence-electron chi connectivity index (χ4n) is 2.49. The summed E-state index contributed by atoms with van der Waals surface area (Å²) in [7, 11) is 0. The Balaban J connectivity index is 2.13. The Kier molecular flexibility index (Phi) is 7.43. The highest BCUT2D eigenvalue weighted by atomic mass is 16.5. The van der Waals surface area contributed by atoms with E-state index in [1.807, 2.05) is 61.5 Å². The van der Waals surface area contributed by atoms with Crippen LogP contribution in [0, 0.1) is 0 Å². The molecule has 2 amide bonds. The average Bonchev–Trinajstić information content (AvgIpc) is 2.65. The van der Waals surface area contributed by atoms with Gasteiger partial charge < -0.3 is 15.4 Å². The van der Waals surface area contributed by atoms with Crippen LogP contribution in [-0.4, -0.2) is 29.9 Å². The molecule has 26 heavy (non-hydrogen) atoms. The maximum absolute atomic E-state index is 12.6. The summed E-state index contributed by atoms with van der Waals surface area (Å²) in [5.41, 5.74) is 7.07. The summed E-state index contributed by atoms with van der Waals surface area (Å²) in [6.07, 6.45) is 3.36. The smallest absolute Gasteiger partial charge is 0.246 e. The molecule has 136 valence electrons. The maximum Gasteiger partial charge on any atom is 0.246 e. The molecule has 2 aromatic carbocycles. The van der Waals surface area contributed by atoms with Gasteiger partial charge in [0, 0.05) is 31.1 Å². The zero-order valence-electron chi connectivity index (χ0n) is 14.9. The minimum atomic E-state index is -0.429. The van der Waals surface area contributed by atoms with E-state index in [-0.39, 0.29) is 18.9 Å². The molecule has 2 rings (SSSR count). The Morgan fingerprint density at radius 3 is 2.46 bits per heavy atom. The number of benzene rings is 2. The van der Waals surface area contributed by atoms with Crippen LogP contribution in [0.3, 0.4) is 0 Å². The molecule has 0 heterocycles. The monoisotopic (exact) mass is 352 g/mol. The molecular weight excluding hydrogens is 328 g/mol. The van der Waals surface area contributed by atoms with Crippen molar-refractivity contribution in [1.82, 2.24) is 4.90 Å². The molecule has 2 N–H and O–H groups in total. The van der Waals surface area contributed by atoms with Gasteiger partial charge in [0.15, 0.2) is 0 Å². The molecule has 0 atom stereocenters. The van der Waals surface area contributed by atoms with Crippen LogP contribution in [0.25, 0.3) is 6.08 Å². The molecular formula is C21H24N2O3. The van der Waals surface area contributed by atoms with Gasteiger partial charge in [0.2, 0.25) is 11.8 Å². The third-order valence-corrected chi connectivity index (χ3v) is 3.78. The number of hydrogen-bond acceptors (Lipinski definition) is 3. The number of primary amides is 1. The Hall–Kier alpha value is -3.08. The minimum absolute atomic E-state index is 0.127. The molecule has 0 aliphatic rings. The minimum Gasteiger partial charge on any atom is -0.493 e. The number of nitrogens with two attached hydrogens (primary N) is 1. The third-order valence-electron chi connectivity index (χ3n) is 3.78. The first-order valence-electron chi connectivity index (χ1n) is 8.61. The Bertz CT molecular complexity index is 757. The van der Waals surface area contributed by atoms with Gasteiger partial charge in [-0.15, -0.1) is 0 Å². The molecule has 0 spiro atoms. The van der Waals surface area contributed by atoms with Crippen LogP contribution in [0.2, 0.25) is 0 Å². The fourth-order valence-corrected chi connectivity index (χ4v) is 2.49. The van der Waals surface area contributed by atoms with E-state index in [1.165, 1.54) is 6.08 Å².